The minimum Gasteiger partial charge on any atom is -0.495 e. The fraction of sp³-hybridized carbons (Fsp3) is 0.0500. The Hall–Kier alpha value is -2.96. The van der Waals surface area contributed by atoms with Crippen molar-refractivity contribution in [3.8, 4) is 5.75 Å². The summed E-state index contributed by atoms with van der Waals surface area (Å²) in [6.45, 7) is 0. The van der Waals surface area contributed by atoms with Crippen LogP contribution >= 0.6 is 31.9 Å². The van der Waals surface area contributed by atoms with Gasteiger partial charge in [-0.2, -0.15) is 0 Å². The van der Waals surface area contributed by atoms with Gasteiger partial charge >= 0.3 is 0 Å². The van der Waals surface area contributed by atoms with Crippen molar-refractivity contribution in [1.29, 1.82) is 0 Å². The third-order valence-corrected chi connectivity index (χ3v) is 7.49. The zero-order valence-electron chi connectivity index (χ0n) is 16.3. The van der Waals surface area contributed by atoms with Crippen LogP contribution in [0.15, 0.2) is 74.5 Å². The van der Waals surface area contributed by atoms with Gasteiger partial charge in [0.05, 0.1) is 29.5 Å². The predicted octanol–water partition coefficient (Wildman–Crippen LogP) is 5.18. The summed E-state index contributed by atoms with van der Waals surface area (Å²) in [4.78, 5) is 22.6. The Morgan fingerprint density at radius 3 is 2.22 bits per heavy atom. The van der Waals surface area contributed by atoms with Crippen LogP contribution in [-0.4, -0.2) is 26.4 Å². The fourth-order valence-electron chi connectivity index (χ4n) is 2.71. The summed E-state index contributed by atoms with van der Waals surface area (Å²) in [5.41, 5.74) is 0.337. The molecular formula is C20H15Br2N3O6S. The van der Waals surface area contributed by atoms with Crippen LogP contribution in [0.4, 0.5) is 17.1 Å². The lowest BCUT2D eigenvalue weighted by molar-refractivity contribution is -0.385. The van der Waals surface area contributed by atoms with Gasteiger partial charge in [0.2, 0.25) is 0 Å². The maximum absolute atomic E-state index is 13.1. The average Bonchev–Trinajstić information content (AvgIpc) is 2.77. The smallest absolute Gasteiger partial charge is 0.273 e. The van der Waals surface area contributed by atoms with Crippen molar-refractivity contribution in [2.75, 3.05) is 17.1 Å². The standard InChI is InChI=1S/C20H15Br2N3O6S/c1-31-18-9-13(25(27)28)7-8-19(18)32(29,30)24-17-11-15(22)14(21)10-16(17)23-20(26)12-5-3-2-4-6-12/h2-11,24H,1H3,(H,23,26). The van der Waals surface area contributed by atoms with E-state index in [1.807, 2.05) is 0 Å². The highest BCUT2D eigenvalue weighted by molar-refractivity contribution is 9.13. The van der Waals surface area contributed by atoms with Gasteiger partial charge in [-0.05, 0) is 62.2 Å². The summed E-state index contributed by atoms with van der Waals surface area (Å²) >= 11 is 6.65. The average molecular weight is 585 g/mol. The first-order valence-electron chi connectivity index (χ1n) is 8.83. The molecule has 2 N–H and O–H groups in total. The van der Waals surface area contributed by atoms with Crippen molar-refractivity contribution >= 4 is 64.9 Å². The maximum Gasteiger partial charge on any atom is 0.273 e. The molecular weight excluding hydrogens is 570 g/mol. The van der Waals surface area contributed by atoms with Crippen molar-refractivity contribution in [2.45, 2.75) is 4.90 Å². The SMILES string of the molecule is COc1cc([N+](=O)[O-])ccc1S(=O)(=O)Nc1cc(Br)c(Br)cc1NC(=O)c1ccccc1. The number of anilines is 2. The second-order valence-corrected chi connectivity index (χ2v) is 9.69. The van der Waals surface area contributed by atoms with Crippen LogP contribution in [0.2, 0.25) is 0 Å². The monoisotopic (exact) mass is 583 g/mol. The van der Waals surface area contributed by atoms with E-state index in [4.69, 9.17) is 4.74 Å². The zero-order chi connectivity index (χ0) is 23.5. The molecule has 0 heterocycles. The van der Waals surface area contributed by atoms with Crippen molar-refractivity contribution in [2.24, 2.45) is 0 Å². The number of nitrogens with one attached hydrogen (secondary N) is 2. The van der Waals surface area contributed by atoms with E-state index >= 15 is 0 Å². The normalized spacial score (nSPS) is 11.0. The number of nitro benzene ring substituents is 1. The fourth-order valence-corrected chi connectivity index (χ4v) is 4.62. The number of non-ortho nitro benzene ring substituents is 1. The molecule has 1 amide bonds. The quantitative estimate of drug-likeness (QED) is 0.291. The van der Waals surface area contributed by atoms with E-state index in [1.165, 1.54) is 19.2 Å². The van der Waals surface area contributed by atoms with Gasteiger partial charge in [0.15, 0.2) is 0 Å². The van der Waals surface area contributed by atoms with Crippen LogP contribution in [0.3, 0.4) is 0 Å². The molecule has 0 atom stereocenters. The molecule has 0 aliphatic carbocycles. The van der Waals surface area contributed by atoms with Crippen molar-refractivity contribution < 1.29 is 22.9 Å². The topological polar surface area (TPSA) is 128 Å². The minimum absolute atomic E-state index is 0.0739. The van der Waals surface area contributed by atoms with E-state index in [9.17, 15) is 23.3 Å². The predicted molar refractivity (Wildman–Crippen MR) is 127 cm³/mol. The van der Waals surface area contributed by atoms with Crippen LogP contribution in [-0.2, 0) is 10.0 Å². The van der Waals surface area contributed by atoms with E-state index in [0.717, 1.165) is 18.2 Å². The molecule has 0 saturated heterocycles. The van der Waals surface area contributed by atoms with E-state index in [1.54, 1.807) is 30.3 Å². The number of nitro groups is 1. The van der Waals surface area contributed by atoms with Gasteiger partial charge in [0, 0.05) is 20.6 Å². The highest BCUT2D eigenvalue weighted by atomic mass is 79.9. The Labute approximate surface area is 200 Å². The molecule has 3 rings (SSSR count). The summed E-state index contributed by atoms with van der Waals surface area (Å²) in [5, 5.41) is 13.7. The number of carbonyl (C=O) groups excluding carboxylic acids is 1. The summed E-state index contributed by atoms with van der Waals surface area (Å²) in [6, 6.07) is 14.6. The number of hydrogen-bond donors (Lipinski definition) is 2. The molecule has 0 aromatic heterocycles. The van der Waals surface area contributed by atoms with E-state index < -0.39 is 20.9 Å². The first-order valence-corrected chi connectivity index (χ1v) is 11.9. The third-order valence-electron chi connectivity index (χ3n) is 4.24. The Morgan fingerprint density at radius 1 is 1.00 bits per heavy atom. The van der Waals surface area contributed by atoms with Crippen LogP contribution in [0.1, 0.15) is 10.4 Å². The number of ether oxygens (including phenoxy) is 1. The number of carbonyl (C=O) groups is 1. The Bertz CT molecular complexity index is 1300. The van der Waals surface area contributed by atoms with Crippen molar-refractivity contribution in [3.05, 3.63) is 85.3 Å². The van der Waals surface area contributed by atoms with Crippen LogP contribution in [0.25, 0.3) is 0 Å². The van der Waals surface area contributed by atoms with Gasteiger partial charge in [-0.25, -0.2) is 8.42 Å². The number of rotatable bonds is 7. The second-order valence-electron chi connectivity index (χ2n) is 6.33. The molecule has 32 heavy (non-hydrogen) atoms. The molecule has 0 fully saturated rings. The first-order chi connectivity index (χ1) is 15.1. The van der Waals surface area contributed by atoms with Crippen molar-refractivity contribution in [3.63, 3.8) is 0 Å². The molecule has 0 radical (unpaired) electrons. The maximum atomic E-state index is 13.1. The minimum atomic E-state index is -4.24. The van der Waals surface area contributed by atoms with E-state index in [2.05, 4.69) is 41.9 Å². The lowest BCUT2D eigenvalue weighted by Crippen LogP contribution is -2.18. The van der Waals surface area contributed by atoms with Gasteiger partial charge in [0.25, 0.3) is 21.6 Å². The molecule has 0 bridgehead atoms. The number of nitrogens with zero attached hydrogens (tertiary/aromatic N) is 1. The number of hydrogen-bond acceptors (Lipinski definition) is 6. The largest absolute Gasteiger partial charge is 0.495 e. The van der Waals surface area contributed by atoms with Gasteiger partial charge < -0.3 is 10.1 Å². The molecule has 3 aromatic rings. The second kappa shape index (κ2) is 9.67. The van der Waals surface area contributed by atoms with E-state index in [-0.39, 0.29) is 27.7 Å². The van der Waals surface area contributed by atoms with Crippen LogP contribution < -0.4 is 14.8 Å². The van der Waals surface area contributed by atoms with E-state index in [0.29, 0.717) is 14.5 Å². The van der Waals surface area contributed by atoms with Gasteiger partial charge in [-0.15, -0.1) is 0 Å². The van der Waals surface area contributed by atoms with Gasteiger partial charge in [0.1, 0.15) is 10.6 Å². The molecule has 0 saturated carbocycles. The molecule has 0 aliphatic rings. The number of halogens is 2. The van der Waals surface area contributed by atoms with Crippen LogP contribution in [0, 0.1) is 10.1 Å². The summed E-state index contributed by atoms with van der Waals surface area (Å²) in [7, 11) is -3.03. The van der Waals surface area contributed by atoms with Crippen molar-refractivity contribution in [1.82, 2.24) is 0 Å². The number of methoxy groups -OCH3 is 1. The lowest BCUT2D eigenvalue weighted by atomic mass is 10.2. The highest BCUT2D eigenvalue weighted by Gasteiger charge is 2.24. The number of benzene rings is 3. The zero-order valence-corrected chi connectivity index (χ0v) is 20.3. The molecule has 0 spiro atoms. The molecule has 0 unspecified atom stereocenters. The number of amides is 1. The Kier molecular flexibility index (Phi) is 7.16. The molecule has 9 nitrogen and oxygen atoms in total. The summed E-state index contributed by atoms with van der Waals surface area (Å²) in [5.74, 6) is -0.633. The molecule has 3 aromatic carbocycles. The number of sulfonamides is 1. The Morgan fingerprint density at radius 2 is 1.62 bits per heavy atom. The highest BCUT2D eigenvalue weighted by Crippen LogP contribution is 2.36. The van der Waals surface area contributed by atoms with Crippen LogP contribution in [0.5, 0.6) is 5.75 Å². The Balaban J connectivity index is 2.00. The first kappa shape index (κ1) is 23.7. The summed E-state index contributed by atoms with van der Waals surface area (Å²) < 4.78 is 34.7. The molecule has 166 valence electrons. The summed E-state index contributed by atoms with van der Waals surface area (Å²) in [6.07, 6.45) is 0. The third kappa shape index (κ3) is 5.26. The molecule has 0 aliphatic heterocycles. The lowest BCUT2D eigenvalue weighted by Gasteiger charge is -2.16. The molecule has 12 heteroatoms. The van der Waals surface area contributed by atoms with Gasteiger partial charge in [-0.3, -0.25) is 19.6 Å². The van der Waals surface area contributed by atoms with Gasteiger partial charge in [-0.1, -0.05) is 18.2 Å².